The number of hydrogen-bond donors (Lipinski definition) is 1. The zero-order valence-electron chi connectivity index (χ0n) is 11.3. The van der Waals surface area contributed by atoms with E-state index in [4.69, 9.17) is 21.1 Å². The van der Waals surface area contributed by atoms with Crippen LogP contribution in [0.4, 0.5) is 5.82 Å². The monoisotopic (exact) mass is 315 g/mol. The fourth-order valence-electron chi connectivity index (χ4n) is 1.80. The number of nitrogens with one attached hydrogen (secondary N) is 1. The molecule has 1 N–H and O–H groups in total. The van der Waals surface area contributed by atoms with Gasteiger partial charge in [-0.1, -0.05) is 0 Å². The van der Waals surface area contributed by atoms with Gasteiger partial charge in [-0.25, -0.2) is 14.8 Å². The molecule has 2 heterocycles. The van der Waals surface area contributed by atoms with Gasteiger partial charge < -0.3 is 14.8 Å². The molecule has 0 aliphatic heterocycles. The van der Waals surface area contributed by atoms with Crippen molar-refractivity contribution in [3.8, 4) is 0 Å². The van der Waals surface area contributed by atoms with Gasteiger partial charge in [-0.3, -0.25) is 0 Å². The number of rotatable bonds is 5. The van der Waals surface area contributed by atoms with Gasteiger partial charge in [0.15, 0.2) is 0 Å². The van der Waals surface area contributed by atoms with Crippen LogP contribution in [-0.4, -0.2) is 43.3 Å². The van der Waals surface area contributed by atoms with Gasteiger partial charge in [0, 0.05) is 13.7 Å². The summed E-state index contributed by atoms with van der Waals surface area (Å²) in [6, 6.07) is 0. The first-order valence-corrected chi connectivity index (χ1v) is 7.05. The van der Waals surface area contributed by atoms with Gasteiger partial charge in [0.05, 0.1) is 19.1 Å². The Labute approximate surface area is 125 Å². The molecule has 0 spiro atoms. The smallest absolute Gasteiger partial charge is 0.348 e. The summed E-state index contributed by atoms with van der Waals surface area (Å²) in [4.78, 5) is 21.2. The van der Waals surface area contributed by atoms with E-state index in [1.165, 1.54) is 18.4 Å². The predicted octanol–water partition coefficient (Wildman–Crippen LogP) is 2.50. The standard InChI is InChI=1S/C12H14ClN3O3S/c1-6-7-9(14-4-5-18-2)15-12(13)16-10(7)20-8(6)11(17)19-3/h4-5H2,1-3H3,(H,14,15,16). The van der Waals surface area contributed by atoms with Crippen molar-refractivity contribution in [3.05, 3.63) is 15.7 Å². The number of esters is 1. The van der Waals surface area contributed by atoms with Gasteiger partial charge in [-0.15, -0.1) is 11.3 Å². The maximum absolute atomic E-state index is 11.7. The lowest BCUT2D eigenvalue weighted by Gasteiger charge is -2.07. The van der Waals surface area contributed by atoms with E-state index in [2.05, 4.69) is 15.3 Å². The average molecular weight is 316 g/mol. The number of ether oxygens (including phenoxy) is 2. The quantitative estimate of drug-likeness (QED) is 0.519. The number of nitrogens with zero attached hydrogens (tertiary/aromatic N) is 2. The largest absolute Gasteiger partial charge is 0.465 e. The van der Waals surface area contributed by atoms with Crippen molar-refractivity contribution in [2.45, 2.75) is 6.92 Å². The number of aryl methyl sites for hydroxylation is 1. The minimum absolute atomic E-state index is 0.134. The number of fused-ring (bicyclic) bond motifs is 1. The van der Waals surface area contributed by atoms with Gasteiger partial charge in [0.1, 0.15) is 15.5 Å². The van der Waals surface area contributed by atoms with Crippen LogP contribution in [0, 0.1) is 6.92 Å². The normalized spacial score (nSPS) is 10.8. The first-order valence-electron chi connectivity index (χ1n) is 5.86. The Morgan fingerprint density at radius 3 is 2.80 bits per heavy atom. The van der Waals surface area contributed by atoms with Crippen LogP contribution in [0.5, 0.6) is 0 Å². The molecular weight excluding hydrogens is 302 g/mol. The van der Waals surface area contributed by atoms with Crippen LogP contribution in [0.2, 0.25) is 5.28 Å². The van der Waals surface area contributed by atoms with E-state index in [0.29, 0.717) is 28.7 Å². The van der Waals surface area contributed by atoms with Gasteiger partial charge in [-0.2, -0.15) is 0 Å². The lowest BCUT2D eigenvalue weighted by molar-refractivity contribution is 0.0605. The van der Waals surface area contributed by atoms with Crippen molar-refractivity contribution in [1.82, 2.24) is 9.97 Å². The third-order valence-corrected chi connectivity index (χ3v) is 4.07. The Kier molecular flexibility index (Phi) is 4.74. The lowest BCUT2D eigenvalue weighted by atomic mass is 10.2. The second kappa shape index (κ2) is 6.34. The summed E-state index contributed by atoms with van der Waals surface area (Å²) in [5, 5.41) is 4.06. The molecule has 108 valence electrons. The summed E-state index contributed by atoms with van der Waals surface area (Å²) in [5.74, 6) is 0.213. The van der Waals surface area contributed by atoms with E-state index in [1.54, 1.807) is 7.11 Å². The average Bonchev–Trinajstić information content (AvgIpc) is 2.75. The molecule has 0 radical (unpaired) electrons. The van der Waals surface area contributed by atoms with Crippen molar-refractivity contribution in [3.63, 3.8) is 0 Å². The van der Waals surface area contributed by atoms with Crippen LogP contribution in [0.25, 0.3) is 10.2 Å². The number of thiophene rings is 1. The molecule has 20 heavy (non-hydrogen) atoms. The fraction of sp³-hybridized carbons (Fsp3) is 0.417. The zero-order chi connectivity index (χ0) is 14.7. The molecule has 0 bridgehead atoms. The fourth-order valence-corrected chi connectivity index (χ4v) is 3.12. The van der Waals surface area contributed by atoms with E-state index in [9.17, 15) is 4.79 Å². The number of methoxy groups -OCH3 is 2. The minimum atomic E-state index is -0.385. The van der Waals surface area contributed by atoms with Crippen LogP contribution in [0.15, 0.2) is 0 Å². The second-order valence-corrected chi connectivity index (χ2v) is 5.33. The summed E-state index contributed by atoms with van der Waals surface area (Å²) in [6.45, 7) is 2.96. The number of carbonyl (C=O) groups is 1. The molecule has 0 saturated heterocycles. The molecule has 0 amide bonds. The minimum Gasteiger partial charge on any atom is -0.465 e. The van der Waals surface area contributed by atoms with Crippen LogP contribution in [0.3, 0.4) is 0 Å². The molecule has 0 saturated carbocycles. The third-order valence-electron chi connectivity index (χ3n) is 2.73. The van der Waals surface area contributed by atoms with E-state index in [1.807, 2.05) is 6.92 Å². The van der Waals surface area contributed by atoms with E-state index in [-0.39, 0.29) is 11.3 Å². The van der Waals surface area contributed by atoms with Gasteiger partial charge >= 0.3 is 5.97 Å². The van der Waals surface area contributed by atoms with Crippen molar-refractivity contribution in [1.29, 1.82) is 0 Å². The lowest BCUT2D eigenvalue weighted by Crippen LogP contribution is -2.09. The van der Waals surface area contributed by atoms with Crippen molar-refractivity contribution in [2.24, 2.45) is 0 Å². The number of anilines is 1. The molecule has 2 aromatic rings. The Hall–Kier alpha value is -1.44. The first-order chi connectivity index (χ1) is 9.58. The molecule has 0 aromatic carbocycles. The van der Waals surface area contributed by atoms with Crippen LogP contribution in [0.1, 0.15) is 15.2 Å². The molecular formula is C12H14ClN3O3S. The topological polar surface area (TPSA) is 73.3 Å². The van der Waals surface area contributed by atoms with E-state index in [0.717, 1.165) is 10.9 Å². The highest BCUT2D eigenvalue weighted by Gasteiger charge is 2.20. The van der Waals surface area contributed by atoms with Crippen molar-refractivity contribution >= 4 is 44.9 Å². The van der Waals surface area contributed by atoms with E-state index < -0.39 is 0 Å². The number of halogens is 1. The molecule has 2 rings (SSSR count). The summed E-state index contributed by atoms with van der Waals surface area (Å²) < 4.78 is 9.75. The Morgan fingerprint density at radius 1 is 1.40 bits per heavy atom. The van der Waals surface area contributed by atoms with Gasteiger partial charge in [0.2, 0.25) is 5.28 Å². The molecule has 0 aliphatic carbocycles. The summed E-state index contributed by atoms with van der Waals surface area (Å²) >= 11 is 7.15. The highest BCUT2D eigenvalue weighted by atomic mass is 35.5. The highest BCUT2D eigenvalue weighted by molar-refractivity contribution is 7.20. The number of carbonyl (C=O) groups excluding carboxylic acids is 1. The maximum Gasteiger partial charge on any atom is 0.348 e. The maximum atomic E-state index is 11.7. The summed E-state index contributed by atoms with van der Waals surface area (Å²) in [6.07, 6.45) is 0. The van der Waals surface area contributed by atoms with Gasteiger partial charge in [0.25, 0.3) is 0 Å². The van der Waals surface area contributed by atoms with Crippen molar-refractivity contribution < 1.29 is 14.3 Å². The molecule has 0 fully saturated rings. The van der Waals surface area contributed by atoms with Gasteiger partial charge in [-0.05, 0) is 24.1 Å². The van der Waals surface area contributed by atoms with E-state index >= 15 is 0 Å². The molecule has 0 unspecified atom stereocenters. The number of hydrogen-bond acceptors (Lipinski definition) is 7. The number of aromatic nitrogens is 2. The van der Waals surface area contributed by atoms with Crippen molar-refractivity contribution in [2.75, 3.05) is 32.7 Å². The van der Waals surface area contributed by atoms with Crippen LogP contribution < -0.4 is 5.32 Å². The Bertz CT molecular complexity index is 644. The zero-order valence-corrected chi connectivity index (χ0v) is 12.9. The SMILES string of the molecule is COCCNc1nc(Cl)nc2sc(C(=O)OC)c(C)c12. The second-order valence-electron chi connectivity index (χ2n) is 3.99. The molecule has 2 aromatic heterocycles. The molecule has 8 heteroatoms. The third kappa shape index (κ3) is 2.84. The van der Waals surface area contributed by atoms with Crippen LogP contribution >= 0.6 is 22.9 Å². The predicted molar refractivity (Wildman–Crippen MR) is 78.9 cm³/mol. The highest BCUT2D eigenvalue weighted by Crippen LogP contribution is 2.34. The first kappa shape index (κ1) is 15.0. The Balaban J connectivity index is 2.51. The van der Waals surface area contributed by atoms with Crippen LogP contribution in [-0.2, 0) is 9.47 Å². The summed E-state index contributed by atoms with van der Waals surface area (Å²) in [7, 11) is 2.97. The summed E-state index contributed by atoms with van der Waals surface area (Å²) in [5.41, 5.74) is 0.786. The Morgan fingerprint density at radius 2 is 2.15 bits per heavy atom. The molecule has 6 nitrogen and oxygen atoms in total. The molecule has 0 atom stereocenters. The molecule has 0 aliphatic rings.